The van der Waals surface area contributed by atoms with Crippen LogP contribution in [-0.4, -0.2) is 39.5 Å². The second-order valence-electron chi connectivity index (χ2n) is 2.70. The van der Waals surface area contributed by atoms with Gasteiger partial charge in [0.1, 0.15) is 6.04 Å². The SMILES string of the molecule is CCCNC(C#N)COCCOC. The second kappa shape index (κ2) is 9.46. The molecule has 0 aliphatic rings. The van der Waals surface area contributed by atoms with Gasteiger partial charge in [-0.2, -0.15) is 5.26 Å². The summed E-state index contributed by atoms with van der Waals surface area (Å²) in [6.07, 6.45) is 1.02. The second-order valence-corrected chi connectivity index (χ2v) is 2.70. The van der Waals surface area contributed by atoms with Crippen LogP contribution in [0.2, 0.25) is 0 Å². The van der Waals surface area contributed by atoms with Crippen molar-refractivity contribution in [1.29, 1.82) is 5.26 Å². The van der Waals surface area contributed by atoms with E-state index in [2.05, 4.69) is 18.3 Å². The van der Waals surface area contributed by atoms with Gasteiger partial charge < -0.3 is 14.8 Å². The summed E-state index contributed by atoms with van der Waals surface area (Å²) >= 11 is 0. The molecule has 0 saturated carbocycles. The van der Waals surface area contributed by atoms with Crippen molar-refractivity contribution >= 4 is 0 Å². The molecule has 0 aromatic heterocycles. The fourth-order valence-electron chi connectivity index (χ4n) is 0.804. The van der Waals surface area contributed by atoms with Crippen LogP contribution in [0, 0.1) is 11.3 Å². The normalized spacial score (nSPS) is 12.4. The van der Waals surface area contributed by atoms with E-state index in [4.69, 9.17) is 14.7 Å². The molecule has 0 aromatic rings. The number of hydrogen-bond acceptors (Lipinski definition) is 4. The summed E-state index contributed by atoms with van der Waals surface area (Å²) in [6, 6.07) is 1.94. The summed E-state index contributed by atoms with van der Waals surface area (Å²) in [5.74, 6) is 0. The van der Waals surface area contributed by atoms with Crippen molar-refractivity contribution in [2.75, 3.05) is 33.5 Å². The molecule has 13 heavy (non-hydrogen) atoms. The Balaban J connectivity index is 3.32. The topological polar surface area (TPSA) is 54.3 Å². The predicted molar refractivity (Wildman–Crippen MR) is 50.4 cm³/mol. The zero-order chi connectivity index (χ0) is 9.94. The Bertz CT molecular complexity index is 145. The monoisotopic (exact) mass is 186 g/mol. The van der Waals surface area contributed by atoms with Gasteiger partial charge in [-0.1, -0.05) is 6.92 Å². The third-order valence-corrected chi connectivity index (χ3v) is 1.51. The first-order valence-corrected chi connectivity index (χ1v) is 4.54. The van der Waals surface area contributed by atoms with E-state index in [1.807, 2.05) is 0 Å². The molecule has 0 aliphatic heterocycles. The lowest BCUT2D eigenvalue weighted by atomic mass is 10.3. The van der Waals surface area contributed by atoms with E-state index in [0.717, 1.165) is 13.0 Å². The zero-order valence-corrected chi connectivity index (χ0v) is 8.38. The molecule has 0 heterocycles. The fourth-order valence-corrected chi connectivity index (χ4v) is 0.804. The lowest BCUT2D eigenvalue weighted by molar-refractivity contribution is 0.0652. The number of nitriles is 1. The van der Waals surface area contributed by atoms with E-state index in [1.54, 1.807) is 7.11 Å². The van der Waals surface area contributed by atoms with Crippen LogP contribution < -0.4 is 5.32 Å². The highest BCUT2D eigenvalue weighted by molar-refractivity contribution is 4.89. The molecular formula is C9H18N2O2. The van der Waals surface area contributed by atoms with E-state index < -0.39 is 0 Å². The van der Waals surface area contributed by atoms with Gasteiger partial charge in [0.25, 0.3) is 0 Å². The Labute approximate surface area is 79.8 Å². The van der Waals surface area contributed by atoms with Crippen LogP contribution >= 0.6 is 0 Å². The van der Waals surface area contributed by atoms with Crippen LogP contribution in [0.5, 0.6) is 0 Å². The molecule has 0 spiro atoms. The van der Waals surface area contributed by atoms with E-state index in [0.29, 0.717) is 19.8 Å². The molecule has 1 atom stereocenters. The molecule has 1 N–H and O–H groups in total. The Morgan fingerprint density at radius 3 is 2.77 bits per heavy atom. The third kappa shape index (κ3) is 7.72. The maximum absolute atomic E-state index is 8.69. The minimum absolute atomic E-state index is 0.197. The number of hydrogen-bond donors (Lipinski definition) is 1. The lowest BCUT2D eigenvalue weighted by Gasteiger charge is -2.10. The first-order chi connectivity index (χ1) is 6.35. The molecule has 0 saturated heterocycles. The quantitative estimate of drug-likeness (QED) is 0.562. The highest BCUT2D eigenvalue weighted by Gasteiger charge is 2.04. The molecule has 4 heteroatoms. The molecular weight excluding hydrogens is 168 g/mol. The summed E-state index contributed by atoms with van der Waals surface area (Å²) in [7, 11) is 1.63. The van der Waals surface area contributed by atoms with Gasteiger partial charge in [0.05, 0.1) is 25.9 Å². The molecule has 76 valence electrons. The smallest absolute Gasteiger partial charge is 0.119 e. The molecule has 1 unspecified atom stereocenters. The number of nitrogens with one attached hydrogen (secondary N) is 1. The summed E-state index contributed by atoms with van der Waals surface area (Å²) in [4.78, 5) is 0. The van der Waals surface area contributed by atoms with Crippen LogP contribution in [0.1, 0.15) is 13.3 Å². The van der Waals surface area contributed by atoms with Gasteiger partial charge >= 0.3 is 0 Å². The molecule has 0 radical (unpaired) electrons. The van der Waals surface area contributed by atoms with Gasteiger partial charge in [-0.25, -0.2) is 0 Å². The lowest BCUT2D eigenvalue weighted by Crippen LogP contribution is -2.33. The maximum Gasteiger partial charge on any atom is 0.119 e. The van der Waals surface area contributed by atoms with Gasteiger partial charge in [-0.15, -0.1) is 0 Å². The standard InChI is InChI=1S/C9H18N2O2/c1-3-4-11-9(7-10)8-13-6-5-12-2/h9,11H,3-6,8H2,1-2H3. The largest absolute Gasteiger partial charge is 0.382 e. The fraction of sp³-hybridized carbons (Fsp3) is 0.889. The summed E-state index contributed by atoms with van der Waals surface area (Å²) in [6.45, 7) is 4.47. The van der Waals surface area contributed by atoms with E-state index in [-0.39, 0.29) is 6.04 Å². The summed E-state index contributed by atoms with van der Waals surface area (Å²) in [5.41, 5.74) is 0. The van der Waals surface area contributed by atoms with Crippen molar-refractivity contribution in [2.24, 2.45) is 0 Å². The van der Waals surface area contributed by atoms with Crippen LogP contribution in [-0.2, 0) is 9.47 Å². The maximum atomic E-state index is 8.69. The zero-order valence-electron chi connectivity index (χ0n) is 8.38. The van der Waals surface area contributed by atoms with E-state index >= 15 is 0 Å². The molecule has 0 rings (SSSR count). The number of ether oxygens (including phenoxy) is 2. The highest BCUT2D eigenvalue weighted by atomic mass is 16.5. The van der Waals surface area contributed by atoms with E-state index in [9.17, 15) is 0 Å². The minimum Gasteiger partial charge on any atom is -0.382 e. The number of rotatable bonds is 8. The average molecular weight is 186 g/mol. The van der Waals surface area contributed by atoms with Crippen molar-refractivity contribution in [3.05, 3.63) is 0 Å². The first kappa shape index (κ1) is 12.4. The predicted octanol–water partition coefficient (Wildman–Crippen LogP) is 0.541. The van der Waals surface area contributed by atoms with Crippen LogP contribution in [0.25, 0.3) is 0 Å². The van der Waals surface area contributed by atoms with Crippen molar-refractivity contribution < 1.29 is 9.47 Å². The van der Waals surface area contributed by atoms with Crippen LogP contribution in [0.3, 0.4) is 0 Å². The Morgan fingerprint density at radius 2 is 2.23 bits per heavy atom. The number of nitrogens with zero attached hydrogens (tertiary/aromatic N) is 1. The van der Waals surface area contributed by atoms with Crippen molar-refractivity contribution in [1.82, 2.24) is 5.32 Å². The minimum atomic E-state index is -0.197. The van der Waals surface area contributed by atoms with Crippen molar-refractivity contribution in [3.63, 3.8) is 0 Å². The highest BCUT2D eigenvalue weighted by Crippen LogP contribution is 1.85. The third-order valence-electron chi connectivity index (χ3n) is 1.51. The Hall–Kier alpha value is -0.630. The van der Waals surface area contributed by atoms with Crippen molar-refractivity contribution in [3.8, 4) is 6.07 Å². The Kier molecular flexibility index (Phi) is 9.00. The molecule has 0 aromatic carbocycles. The van der Waals surface area contributed by atoms with Gasteiger partial charge in [-0.05, 0) is 13.0 Å². The summed E-state index contributed by atoms with van der Waals surface area (Å²) < 4.78 is 10.0. The molecule has 0 aliphatic carbocycles. The van der Waals surface area contributed by atoms with Gasteiger partial charge in [0, 0.05) is 7.11 Å². The molecule has 0 amide bonds. The van der Waals surface area contributed by atoms with E-state index in [1.165, 1.54) is 0 Å². The molecule has 4 nitrogen and oxygen atoms in total. The Morgan fingerprint density at radius 1 is 1.46 bits per heavy atom. The summed E-state index contributed by atoms with van der Waals surface area (Å²) in [5, 5.41) is 11.8. The van der Waals surface area contributed by atoms with Crippen LogP contribution in [0.4, 0.5) is 0 Å². The van der Waals surface area contributed by atoms with Crippen molar-refractivity contribution in [2.45, 2.75) is 19.4 Å². The molecule has 0 fully saturated rings. The molecule has 0 bridgehead atoms. The first-order valence-electron chi connectivity index (χ1n) is 4.54. The average Bonchev–Trinajstić information content (AvgIpc) is 2.17. The van der Waals surface area contributed by atoms with Gasteiger partial charge in [0.15, 0.2) is 0 Å². The van der Waals surface area contributed by atoms with Gasteiger partial charge in [0.2, 0.25) is 0 Å². The van der Waals surface area contributed by atoms with Crippen LogP contribution in [0.15, 0.2) is 0 Å². The number of methoxy groups -OCH3 is 1. The van der Waals surface area contributed by atoms with Gasteiger partial charge in [-0.3, -0.25) is 0 Å².